The Labute approximate surface area is 96.6 Å². The van der Waals surface area contributed by atoms with Gasteiger partial charge < -0.3 is 15.2 Å². The van der Waals surface area contributed by atoms with Crippen LogP contribution < -0.4 is 10.5 Å². The molecule has 0 aliphatic heterocycles. The van der Waals surface area contributed by atoms with Crippen LogP contribution in [0.5, 0.6) is 5.75 Å². The van der Waals surface area contributed by atoms with Crippen molar-refractivity contribution in [3.63, 3.8) is 0 Å². The Balaban J connectivity index is 2.67. The Morgan fingerprint density at radius 2 is 2.25 bits per heavy atom. The number of nitrogens with two attached hydrogens (primary N) is 1. The molecule has 0 bridgehead atoms. The van der Waals surface area contributed by atoms with E-state index in [1.54, 1.807) is 7.11 Å². The van der Waals surface area contributed by atoms with Crippen molar-refractivity contribution in [3.8, 4) is 17.6 Å². The van der Waals surface area contributed by atoms with Crippen LogP contribution in [-0.4, -0.2) is 26.4 Å². The second-order valence-corrected chi connectivity index (χ2v) is 3.42. The van der Waals surface area contributed by atoms with Gasteiger partial charge in [0.15, 0.2) is 0 Å². The van der Waals surface area contributed by atoms with Gasteiger partial charge >= 0.3 is 0 Å². The summed E-state index contributed by atoms with van der Waals surface area (Å²) in [6.45, 7) is 2.89. The zero-order valence-corrected chi connectivity index (χ0v) is 9.69. The van der Waals surface area contributed by atoms with E-state index in [2.05, 4.69) is 11.8 Å². The van der Waals surface area contributed by atoms with Crippen LogP contribution in [0.15, 0.2) is 24.3 Å². The van der Waals surface area contributed by atoms with Crippen LogP contribution >= 0.6 is 0 Å². The van der Waals surface area contributed by atoms with Crippen LogP contribution in [0.2, 0.25) is 0 Å². The number of ether oxygens (including phenoxy) is 2. The molecule has 16 heavy (non-hydrogen) atoms. The lowest BCUT2D eigenvalue weighted by molar-refractivity contribution is 0.0921. The summed E-state index contributed by atoms with van der Waals surface area (Å²) < 4.78 is 10.7. The summed E-state index contributed by atoms with van der Waals surface area (Å²) in [7, 11) is 1.66. The molecule has 0 heterocycles. The Bertz CT molecular complexity index is 379. The summed E-state index contributed by atoms with van der Waals surface area (Å²) in [5.41, 5.74) is 6.22. The van der Waals surface area contributed by atoms with Crippen molar-refractivity contribution < 1.29 is 9.47 Å². The van der Waals surface area contributed by atoms with Gasteiger partial charge in [-0.3, -0.25) is 0 Å². The second kappa shape index (κ2) is 6.89. The van der Waals surface area contributed by atoms with Crippen molar-refractivity contribution in [2.24, 2.45) is 5.73 Å². The van der Waals surface area contributed by atoms with Crippen LogP contribution in [0.1, 0.15) is 12.5 Å². The molecule has 0 aromatic heterocycles. The molecule has 86 valence electrons. The monoisotopic (exact) mass is 219 g/mol. The molecule has 1 unspecified atom stereocenters. The SMILES string of the molecule is COCC(C)Oc1cccc(C#CCN)c1. The molecule has 0 radical (unpaired) electrons. The quantitative estimate of drug-likeness (QED) is 0.779. The van der Waals surface area contributed by atoms with Gasteiger partial charge in [-0.05, 0) is 25.1 Å². The highest BCUT2D eigenvalue weighted by molar-refractivity contribution is 5.39. The first kappa shape index (κ1) is 12.6. The third-order valence-corrected chi connectivity index (χ3v) is 1.91. The minimum Gasteiger partial charge on any atom is -0.488 e. The van der Waals surface area contributed by atoms with Crippen molar-refractivity contribution in [3.05, 3.63) is 29.8 Å². The first-order valence-electron chi connectivity index (χ1n) is 5.21. The van der Waals surface area contributed by atoms with Crippen LogP contribution in [0, 0.1) is 11.8 Å². The highest BCUT2D eigenvalue weighted by atomic mass is 16.5. The van der Waals surface area contributed by atoms with Gasteiger partial charge in [0.05, 0.1) is 13.2 Å². The smallest absolute Gasteiger partial charge is 0.121 e. The van der Waals surface area contributed by atoms with Crippen LogP contribution in [0.25, 0.3) is 0 Å². The Morgan fingerprint density at radius 3 is 2.94 bits per heavy atom. The van der Waals surface area contributed by atoms with E-state index in [1.807, 2.05) is 31.2 Å². The van der Waals surface area contributed by atoms with Crippen molar-refractivity contribution in [1.29, 1.82) is 0 Å². The van der Waals surface area contributed by atoms with Crippen LogP contribution in [0.4, 0.5) is 0 Å². The van der Waals surface area contributed by atoms with Gasteiger partial charge in [0.25, 0.3) is 0 Å². The molecule has 3 nitrogen and oxygen atoms in total. The summed E-state index contributed by atoms with van der Waals surface area (Å²) in [5.74, 6) is 6.57. The van der Waals surface area contributed by atoms with E-state index < -0.39 is 0 Å². The highest BCUT2D eigenvalue weighted by Gasteiger charge is 2.02. The van der Waals surface area contributed by atoms with Crippen molar-refractivity contribution in [2.45, 2.75) is 13.0 Å². The second-order valence-electron chi connectivity index (χ2n) is 3.42. The number of methoxy groups -OCH3 is 1. The van der Waals surface area contributed by atoms with E-state index >= 15 is 0 Å². The fraction of sp³-hybridized carbons (Fsp3) is 0.385. The Kier molecular flexibility index (Phi) is 5.41. The Hall–Kier alpha value is -1.50. The number of benzene rings is 1. The summed E-state index contributed by atoms with van der Waals surface area (Å²) >= 11 is 0. The first-order valence-corrected chi connectivity index (χ1v) is 5.21. The fourth-order valence-electron chi connectivity index (χ4n) is 1.30. The van der Waals surface area contributed by atoms with Gasteiger partial charge in [-0.1, -0.05) is 17.9 Å². The maximum Gasteiger partial charge on any atom is 0.121 e. The predicted octanol–water partition coefficient (Wildman–Crippen LogP) is 1.41. The number of hydrogen-bond donors (Lipinski definition) is 1. The molecule has 0 saturated carbocycles. The molecule has 0 fully saturated rings. The molecule has 1 aromatic rings. The van der Waals surface area contributed by atoms with Gasteiger partial charge in [0.2, 0.25) is 0 Å². The zero-order valence-electron chi connectivity index (χ0n) is 9.69. The number of rotatable bonds is 4. The maximum absolute atomic E-state index is 5.65. The first-order chi connectivity index (χ1) is 7.76. The average molecular weight is 219 g/mol. The summed E-state index contributed by atoms with van der Waals surface area (Å²) in [6, 6.07) is 7.64. The zero-order chi connectivity index (χ0) is 11.8. The highest BCUT2D eigenvalue weighted by Crippen LogP contribution is 2.14. The molecule has 0 saturated heterocycles. The standard InChI is InChI=1S/C13H17NO2/c1-11(10-15-2)16-13-7-3-5-12(9-13)6-4-8-14/h3,5,7,9,11H,8,10,14H2,1-2H3. The summed E-state index contributed by atoms with van der Waals surface area (Å²) in [5, 5.41) is 0. The largest absolute Gasteiger partial charge is 0.488 e. The summed E-state index contributed by atoms with van der Waals surface area (Å²) in [4.78, 5) is 0. The topological polar surface area (TPSA) is 44.5 Å². The molecule has 1 rings (SSSR count). The van der Waals surface area contributed by atoms with E-state index in [0.717, 1.165) is 11.3 Å². The molecular formula is C13H17NO2. The molecule has 0 aliphatic rings. The average Bonchev–Trinajstić information content (AvgIpc) is 2.27. The van der Waals surface area contributed by atoms with Gasteiger partial charge in [0.1, 0.15) is 11.9 Å². The molecule has 0 amide bonds. The molecule has 3 heteroatoms. The minimum atomic E-state index is 0.0303. The van der Waals surface area contributed by atoms with E-state index in [1.165, 1.54) is 0 Å². The molecular weight excluding hydrogens is 202 g/mol. The van der Waals surface area contributed by atoms with Crippen LogP contribution in [0.3, 0.4) is 0 Å². The van der Waals surface area contributed by atoms with Gasteiger partial charge in [0, 0.05) is 12.7 Å². The minimum absolute atomic E-state index is 0.0303. The lowest BCUT2D eigenvalue weighted by Crippen LogP contribution is -2.17. The molecule has 0 spiro atoms. The summed E-state index contributed by atoms with van der Waals surface area (Å²) in [6.07, 6.45) is 0.0303. The van der Waals surface area contributed by atoms with Crippen molar-refractivity contribution in [1.82, 2.24) is 0 Å². The fourth-order valence-corrected chi connectivity index (χ4v) is 1.30. The van der Waals surface area contributed by atoms with Gasteiger partial charge in [-0.25, -0.2) is 0 Å². The lowest BCUT2D eigenvalue weighted by atomic mass is 10.2. The molecule has 1 atom stereocenters. The van der Waals surface area contributed by atoms with E-state index in [0.29, 0.717) is 13.2 Å². The van der Waals surface area contributed by atoms with Crippen molar-refractivity contribution >= 4 is 0 Å². The third-order valence-electron chi connectivity index (χ3n) is 1.91. The maximum atomic E-state index is 5.65. The number of hydrogen-bond acceptors (Lipinski definition) is 3. The molecule has 1 aromatic carbocycles. The van der Waals surface area contributed by atoms with Gasteiger partial charge in [-0.2, -0.15) is 0 Å². The predicted molar refractivity (Wildman–Crippen MR) is 64.3 cm³/mol. The van der Waals surface area contributed by atoms with E-state index in [9.17, 15) is 0 Å². The van der Waals surface area contributed by atoms with E-state index in [-0.39, 0.29) is 6.10 Å². The Morgan fingerprint density at radius 1 is 1.44 bits per heavy atom. The normalized spacial score (nSPS) is 11.4. The van der Waals surface area contributed by atoms with E-state index in [4.69, 9.17) is 15.2 Å². The lowest BCUT2D eigenvalue weighted by Gasteiger charge is -2.13. The van der Waals surface area contributed by atoms with Crippen LogP contribution in [-0.2, 0) is 4.74 Å². The molecule has 2 N–H and O–H groups in total. The third kappa shape index (κ3) is 4.35. The van der Waals surface area contributed by atoms with Crippen molar-refractivity contribution in [2.75, 3.05) is 20.3 Å². The van der Waals surface area contributed by atoms with Gasteiger partial charge in [-0.15, -0.1) is 0 Å². The molecule has 0 aliphatic carbocycles.